The zero-order valence-corrected chi connectivity index (χ0v) is 9.93. The molecule has 0 N–H and O–H groups in total. The smallest absolute Gasteiger partial charge is 0.308 e. The maximum Gasteiger partial charge on any atom is 0.308 e. The van der Waals surface area contributed by atoms with Crippen molar-refractivity contribution in [3.8, 4) is 0 Å². The molecular weight excluding hydrogens is 208 g/mol. The number of hydrogen-bond acceptors (Lipinski definition) is 4. The molecule has 0 fully saturated rings. The van der Waals surface area contributed by atoms with Crippen LogP contribution in [0.25, 0.3) is 0 Å². The van der Waals surface area contributed by atoms with Gasteiger partial charge in [-0.3, -0.25) is 9.59 Å². The first-order valence-corrected chi connectivity index (χ1v) is 5.60. The van der Waals surface area contributed by atoms with Gasteiger partial charge < -0.3 is 9.47 Å². The van der Waals surface area contributed by atoms with Crippen LogP contribution in [0, 0.1) is 5.92 Å². The Labute approximate surface area is 95.6 Å². The second-order valence-electron chi connectivity index (χ2n) is 4.25. The molecule has 0 bridgehead atoms. The molecule has 0 saturated carbocycles. The van der Waals surface area contributed by atoms with E-state index in [2.05, 4.69) is 0 Å². The number of esters is 1. The molecular formula is C12H18O4. The maximum absolute atomic E-state index is 11.4. The summed E-state index contributed by atoms with van der Waals surface area (Å²) in [7, 11) is 0. The van der Waals surface area contributed by atoms with Crippen LogP contribution in [0.1, 0.15) is 33.6 Å². The molecule has 0 spiro atoms. The zero-order valence-electron chi connectivity index (χ0n) is 9.93. The van der Waals surface area contributed by atoms with Gasteiger partial charge in [0.2, 0.25) is 6.29 Å². The van der Waals surface area contributed by atoms with E-state index in [0.29, 0.717) is 12.8 Å². The van der Waals surface area contributed by atoms with E-state index in [1.54, 1.807) is 0 Å². The molecule has 1 rings (SSSR count). The highest BCUT2D eigenvalue weighted by atomic mass is 16.7. The Morgan fingerprint density at radius 2 is 2.25 bits per heavy atom. The van der Waals surface area contributed by atoms with Crippen molar-refractivity contribution < 1.29 is 19.1 Å². The summed E-state index contributed by atoms with van der Waals surface area (Å²) in [5.41, 5.74) is 0. The van der Waals surface area contributed by atoms with Gasteiger partial charge in [0, 0.05) is 6.42 Å². The summed E-state index contributed by atoms with van der Waals surface area (Å²) in [5.74, 6) is -0.115. The van der Waals surface area contributed by atoms with Crippen molar-refractivity contribution in [1.29, 1.82) is 0 Å². The number of ether oxygens (including phenoxy) is 2. The van der Waals surface area contributed by atoms with Crippen LogP contribution in [0.2, 0.25) is 0 Å². The van der Waals surface area contributed by atoms with Gasteiger partial charge in [-0.1, -0.05) is 20.8 Å². The third-order valence-electron chi connectivity index (χ3n) is 2.23. The van der Waals surface area contributed by atoms with Gasteiger partial charge in [-0.15, -0.1) is 0 Å². The Morgan fingerprint density at radius 1 is 1.56 bits per heavy atom. The number of carbonyl (C=O) groups excluding carboxylic acids is 2. The highest BCUT2D eigenvalue weighted by molar-refractivity contribution is 5.94. The van der Waals surface area contributed by atoms with Gasteiger partial charge in [0.1, 0.15) is 6.10 Å². The predicted octanol–water partition coefficient (Wildman–Crippen LogP) is 1.84. The third kappa shape index (κ3) is 3.77. The first kappa shape index (κ1) is 12.9. The van der Waals surface area contributed by atoms with Gasteiger partial charge in [0.25, 0.3) is 0 Å². The predicted molar refractivity (Wildman–Crippen MR) is 58.6 cm³/mol. The summed E-state index contributed by atoms with van der Waals surface area (Å²) in [4.78, 5) is 22.7. The standard InChI is InChI=1S/C12H18O4/c1-4-10-9(13)5-6-12(15-10)16-11(14)7-8(2)3/h5-6,8,10,12H,4,7H2,1-3H3. The first-order chi connectivity index (χ1) is 7.52. The monoisotopic (exact) mass is 226 g/mol. The number of hydrogen-bond donors (Lipinski definition) is 0. The zero-order chi connectivity index (χ0) is 12.1. The molecule has 0 aromatic carbocycles. The average Bonchev–Trinajstić information content (AvgIpc) is 2.19. The fourth-order valence-corrected chi connectivity index (χ4v) is 1.43. The fraction of sp³-hybridized carbons (Fsp3) is 0.667. The number of carbonyl (C=O) groups is 2. The van der Waals surface area contributed by atoms with Crippen LogP contribution in [-0.2, 0) is 19.1 Å². The quantitative estimate of drug-likeness (QED) is 0.686. The van der Waals surface area contributed by atoms with Crippen molar-refractivity contribution in [3.05, 3.63) is 12.2 Å². The van der Waals surface area contributed by atoms with Crippen molar-refractivity contribution in [1.82, 2.24) is 0 Å². The Kier molecular flexibility index (Phi) is 4.68. The molecule has 0 saturated heterocycles. The van der Waals surface area contributed by atoms with Gasteiger partial charge in [0.15, 0.2) is 5.78 Å². The minimum atomic E-state index is -0.714. The molecule has 90 valence electrons. The van der Waals surface area contributed by atoms with Gasteiger partial charge in [-0.2, -0.15) is 0 Å². The number of ketones is 1. The molecule has 2 unspecified atom stereocenters. The van der Waals surface area contributed by atoms with E-state index < -0.39 is 12.4 Å². The highest BCUT2D eigenvalue weighted by Crippen LogP contribution is 2.14. The highest BCUT2D eigenvalue weighted by Gasteiger charge is 2.25. The van der Waals surface area contributed by atoms with Gasteiger partial charge in [-0.05, 0) is 24.5 Å². The van der Waals surface area contributed by atoms with E-state index in [9.17, 15) is 9.59 Å². The van der Waals surface area contributed by atoms with Crippen LogP contribution >= 0.6 is 0 Å². The SMILES string of the molecule is CCC1OC(OC(=O)CC(C)C)C=CC1=O. The van der Waals surface area contributed by atoms with Gasteiger partial charge in [0.05, 0.1) is 0 Å². The van der Waals surface area contributed by atoms with Crippen LogP contribution in [0.15, 0.2) is 12.2 Å². The molecule has 0 amide bonds. The normalized spacial score (nSPS) is 24.9. The first-order valence-electron chi connectivity index (χ1n) is 5.60. The summed E-state index contributed by atoms with van der Waals surface area (Å²) in [5, 5.41) is 0. The van der Waals surface area contributed by atoms with E-state index in [0.717, 1.165) is 0 Å². The molecule has 0 aromatic heterocycles. The second-order valence-corrected chi connectivity index (χ2v) is 4.25. The Morgan fingerprint density at radius 3 is 2.81 bits per heavy atom. The molecule has 1 aliphatic rings. The minimum Gasteiger partial charge on any atom is -0.432 e. The summed E-state index contributed by atoms with van der Waals surface area (Å²) in [6, 6.07) is 0. The van der Waals surface area contributed by atoms with Crippen molar-refractivity contribution in [2.24, 2.45) is 5.92 Å². The van der Waals surface area contributed by atoms with Crippen molar-refractivity contribution >= 4 is 11.8 Å². The largest absolute Gasteiger partial charge is 0.432 e. The molecule has 4 nitrogen and oxygen atoms in total. The maximum atomic E-state index is 11.4. The molecule has 2 atom stereocenters. The minimum absolute atomic E-state index is 0.0707. The van der Waals surface area contributed by atoms with Crippen LogP contribution in [0.3, 0.4) is 0 Å². The van der Waals surface area contributed by atoms with Crippen molar-refractivity contribution in [3.63, 3.8) is 0 Å². The molecule has 0 aromatic rings. The van der Waals surface area contributed by atoms with Crippen LogP contribution in [0.4, 0.5) is 0 Å². The second kappa shape index (κ2) is 5.80. The van der Waals surface area contributed by atoms with Gasteiger partial charge >= 0.3 is 5.97 Å². The molecule has 0 aliphatic carbocycles. The number of rotatable bonds is 4. The van der Waals surface area contributed by atoms with E-state index in [4.69, 9.17) is 9.47 Å². The Hall–Kier alpha value is -1.16. The summed E-state index contributed by atoms with van der Waals surface area (Å²) in [6.07, 6.45) is 2.65. The van der Waals surface area contributed by atoms with Gasteiger partial charge in [-0.25, -0.2) is 0 Å². The van der Waals surface area contributed by atoms with Crippen molar-refractivity contribution in [2.75, 3.05) is 0 Å². The van der Waals surface area contributed by atoms with Crippen LogP contribution in [0.5, 0.6) is 0 Å². The van der Waals surface area contributed by atoms with Crippen LogP contribution < -0.4 is 0 Å². The lowest BCUT2D eigenvalue weighted by Crippen LogP contribution is -2.34. The molecule has 0 radical (unpaired) electrons. The molecule has 4 heteroatoms. The Balaban J connectivity index is 2.47. The summed E-state index contributed by atoms with van der Waals surface area (Å²) in [6.45, 7) is 5.74. The van der Waals surface area contributed by atoms with Crippen LogP contribution in [-0.4, -0.2) is 24.1 Å². The topological polar surface area (TPSA) is 52.6 Å². The fourth-order valence-electron chi connectivity index (χ4n) is 1.43. The molecule has 1 aliphatic heterocycles. The van der Waals surface area contributed by atoms with E-state index in [1.165, 1.54) is 12.2 Å². The summed E-state index contributed by atoms with van der Waals surface area (Å²) >= 11 is 0. The van der Waals surface area contributed by atoms with E-state index >= 15 is 0 Å². The average molecular weight is 226 g/mol. The van der Waals surface area contributed by atoms with Crippen molar-refractivity contribution in [2.45, 2.75) is 46.0 Å². The molecule has 1 heterocycles. The van der Waals surface area contributed by atoms with E-state index in [-0.39, 0.29) is 17.7 Å². The lowest BCUT2D eigenvalue weighted by molar-refractivity contribution is -0.182. The third-order valence-corrected chi connectivity index (χ3v) is 2.23. The summed E-state index contributed by atoms with van der Waals surface area (Å²) < 4.78 is 10.4. The van der Waals surface area contributed by atoms with E-state index in [1.807, 2.05) is 20.8 Å². The lowest BCUT2D eigenvalue weighted by atomic mass is 10.1. The molecule has 16 heavy (non-hydrogen) atoms. The Bertz CT molecular complexity index is 293. The lowest BCUT2D eigenvalue weighted by Gasteiger charge is -2.23.